The first-order chi connectivity index (χ1) is 11.4. The van der Waals surface area contributed by atoms with Gasteiger partial charge in [-0.25, -0.2) is 0 Å². The molecule has 0 radical (unpaired) electrons. The molecule has 0 bridgehead atoms. The Labute approximate surface area is 142 Å². The highest BCUT2D eigenvalue weighted by atomic mass is 35.5. The maximum Gasteiger partial charge on any atom is 0.399 e. The van der Waals surface area contributed by atoms with Crippen molar-refractivity contribution in [1.29, 1.82) is 0 Å². The lowest BCUT2D eigenvalue weighted by molar-refractivity contribution is -0.135. The Morgan fingerprint density at radius 2 is 1.84 bits per heavy atom. The van der Waals surface area contributed by atoms with Crippen molar-refractivity contribution in [2.75, 3.05) is 0 Å². The molecule has 5 nitrogen and oxygen atoms in total. The van der Waals surface area contributed by atoms with Gasteiger partial charge in [-0.2, -0.15) is 35.5 Å². The number of halogens is 7. The molecule has 140 valence electrons. The normalized spacial score (nSPS) is 13.6. The average Bonchev–Trinajstić information content (AvgIpc) is 2.82. The number of benzene rings is 1. The maximum atomic E-state index is 14.1. The summed E-state index contributed by atoms with van der Waals surface area (Å²) in [5.74, 6) is 0. The molecule has 1 heterocycles. The van der Waals surface area contributed by atoms with Crippen molar-refractivity contribution in [2.24, 2.45) is 0 Å². The van der Waals surface area contributed by atoms with Gasteiger partial charge < -0.3 is 0 Å². The molecule has 0 saturated heterocycles. The van der Waals surface area contributed by atoms with Gasteiger partial charge in [-0.3, -0.25) is 4.68 Å². The first kappa shape index (κ1) is 19.8. The summed E-state index contributed by atoms with van der Waals surface area (Å²) in [5, 5.41) is -1.62. The van der Waals surface area contributed by atoms with Crippen molar-refractivity contribution in [3.63, 3.8) is 0 Å². The fourth-order valence-electron chi connectivity index (χ4n) is 2.20. The van der Waals surface area contributed by atoms with E-state index in [1.165, 1.54) is 6.07 Å². The van der Waals surface area contributed by atoms with Gasteiger partial charge in [0.25, 0.3) is 0 Å². The second-order valence-electron chi connectivity index (χ2n) is 4.97. The molecule has 0 unspecified atom stereocenters. The topological polar surface area (TPSA) is 61.2 Å². The van der Waals surface area contributed by atoms with Gasteiger partial charge >= 0.3 is 21.5 Å². The standard InChI is InChI=1S/C12H9ClF6N2O3S/c13-10-7-3-1-4-8(12(17,18)25(22,23)24-19)9(7)21(20-10)6-2-5-11(14,15)16/h1,3-4H,2,5-6H2. The smallest absolute Gasteiger partial charge is 0.263 e. The number of rotatable bonds is 6. The molecule has 0 aliphatic carbocycles. The van der Waals surface area contributed by atoms with Gasteiger partial charge in [0.2, 0.25) is 0 Å². The summed E-state index contributed by atoms with van der Waals surface area (Å²) in [4.78, 5) is 0. The van der Waals surface area contributed by atoms with E-state index in [1.54, 1.807) is 0 Å². The lowest BCUT2D eigenvalue weighted by Gasteiger charge is -2.16. The van der Waals surface area contributed by atoms with Gasteiger partial charge in [0.1, 0.15) is 0 Å². The van der Waals surface area contributed by atoms with Crippen LogP contribution in [0.2, 0.25) is 5.15 Å². The van der Waals surface area contributed by atoms with Crippen LogP contribution in [0.15, 0.2) is 18.2 Å². The van der Waals surface area contributed by atoms with Crippen LogP contribution in [0.1, 0.15) is 18.4 Å². The minimum Gasteiger partial charge on any atom is -0.263 e. The van der Waals surface area contributed by atoms with Crippen LogP contribution in [0.25, 0.3) is 10.9 Å². The van der Waals surface area contributed by atoms with Crippen LogP contribution in [0, 0.1) is 0 Å². The Hall–Kier alpha value is -1.53. The SMILES string of the molecule is O=S(=O)(OF)C(F)(F)c1cccc2c(Cl)nn(CCCC(F)(F)F)c12. The lowest BCUT2D eigenvalue weighted by atomic mass is 10.1. The number of hydrogen-bond acceptors (Lipinski definition) is 4. The number of hydrogen-bond donors (Lipinski definition) is 0. The summed E-state index contributed by atoms with van der Waals surface area (Å²) in [7, 11) is -5.96. The molecule has 0 amide bonds. The van der Waals surface area contributed by atoms with Crippen LogP contribution >= 0.6 is 11.6 Å². The number of para-hydroxylation sites is 1. The van der Waals surface area contributed by atoms with Gasteiger partial charge in [0.05, 0.1) is 11.1 Å². The summed E-state index contributed by atoms with van der Waals surface area (Å²) in [6.45, 7) is -0.466. The zero-order chi connectivity index (χ0) is 19.0. The van der Waals surface area contributed by atoms with E-state index < -0.39 is 52.0 Å². The van der Waals surface area contributed by atoms with Crippen LogP contribution < -0.4 is 0 Å². The largest absolute Gasteiger partial charge is 0.399 e. The highest BCUT2D eigenvalue weighted by Gasteiger charge is 2.51. The van der Waals surface area contributed by atoms with Gasteiger partial charge in [-0.1, -0.05) is 22.1 Å². The molecular formula is C12H9ClF6N2O3S. The average molecular weight is 411 g/mol. The molecule has 2 rings (SSSR count). The first-order valence-electron chi connectivity index (χ1n) is 6.55. The summed E-state index contributed by atoms with van der Waals surface area (Å²) in [6.07, 6.45) is -6.19. The lowest BCUT2D eigenvalue weighted by Crippen LogP contribution is -2.27. The second kappa shape index (κ2) is 6.65. The Kier molecular flexibility index (Phi) is 5.26. The number of nitrogens with zero attached hydrogens (tertiary/aromatic N) is 2. The molecule has 0 saturated carbocycles. The maximum absolute atomic E-state index is 14.1. The molecule has 0 fully saturated rings. The van der Waals surface area contributed by atoms with Crippen LogP contribution in [0.5, 0.6) is 0 Å². The molecule has 0 atom stereocenters. The first-order valence-corrected chi connectivity index (χ1v) is 8.34. The molecular weight excluding hydrogens is 402 g/mol. The van der Waals surface area contributed by atoms with Gasteiger partial charge in [0.15, 0.2) is 5.15 Å². The zero-order valence-electron chi connectivity index (χ0n) is 12.0. The minimum absolute atomic E-state index is 0.125. The quantitative estimate of drug-likeness (QED) is 0.666. The third-order valence-corrected chi connectivity index (χ3v) is 4.56. The number of alkyl halides is 5. The fraction of sp³-hybridized carbons (Fsp3) is 0.417. The van der Waals surface area contributed by atoms with Gasteiger partial charge in [-0.05, 0) is 23.1 Å². The van der Waals surface area contributed by atoms with Crippen LogP contribution in [0.3, 0.4) is 0 Å². The summed E-state index contributed by atoms with van der Waals surface area (Å²) >= 11 is 5.76. The van der Waals surface area contributed by atoms with E-state index in [-0.39, 0.29) is 10.5 Å². The molecule has 2 aromatic rings. The third kappa shape index (κ3) is 3.85. The number of fused-ring (bicyclic) bond motifs is 1. The Morgan fingerprint density at radius 3 is 2.40 bits per heavy atom. The fourth-order valence-corrected chi connectivity index (χ4v) is 2.95. The molecule has 25 heavy (non-hydrogen) atoms. The monoisotopic (exact) mass is 410 g/mol. The highest BCUT2D eigenvalue weighted by Crippen LogP contribution is 2.40. The van der Waals surface area contributed by atoms with Gasteiger partial charge in [0, 0.05) is 18.4 Å². The highest BCUT2D eigenvalue weighted by molar-refractivity contribution is 7.87. The van der Waals surface area contributed by atoms with Crippen molar-refractivity contribution in [1.82, 2.24) is 9.78 Å². The van der Waals surface area contributed by atoms with E-state index in [0.29, 0.717) is 6.07 Å². The summed E-state index contributed by atoms with van der Waals surface area (Å²) < 4.78 is 103. The minimum atomic E-state index is -5.96. The molecule has 13 heteroatoms. The predicted octanol–water partition coefficient (Wildman–Crippen LogP) is 4.31. The van der Waals surface area contributed by atoms with E-state index in [1.807, 2.05) is 0 Å². The van der Waals surface area contributed by atoms with Crippen LogP contribution in [-0.2, 0) is 26.3 Å². The molecule has 0 aliphatic heterocycles. The van der Waals surface area contributed by atoms with E-state index in [0.717, 1.165) is 10.7 Å². The second-order valence-corrected chi connectivity index (χ2v) is 6.87. The van der Waals surface area contributed by atoms with Crippen molar-refractivity contribution in [3.05, 3.63) is 28.9 Å². The predicted molar refractivity (Wildman–Crippen MR) is 75.0 cm³/mol. The Balaban J connectivity index is 2.56. The molecule has 1 aromatic heterocycles. The van der Waals surface area contributed by atoms with Crippen molar-refractivity contribution in [3.8, 4) is 0 Å². The van der Waals surface area contributed by atoms with E-state index in [4.69, 9.17) is 11.6 Å². The van der Waals surface area contributed by atoms with Crippen molar-refractivity contribution < 1.29 is 39.3 Å². The molecule has 0 spiro atoms. The van der Waals surface area contributed by atoms with Gasteiger partial charge in [-0.15, -0.1) is 0 Å². The van der Waals surface area contributed by atoms with Crippen LogP contribution in [0.4, 0.5) is 26.5 Å². The zero-order valence-corrected chi connectivity index (χ0v) is 13.6. The van der Waals surface area contributed by atoms with Crippen molar-refractivity contribution >= 4 is 32.6 Å². The number of aromatic nitrogens is 2. The molecule has 0 N–H and O–H groups in total. The Morgan fingerprint density at radius 1 is 1.20 bits per heavy atom. The number of aryl methyl sites for hydroxylation is 1. The van der Waals surface area contributed by atoms with E-state index >= 15 is 0 Å². The molecule has 1 aromatic carbocycles. The van der Waals surface area contributed by atoms with E-state index in [2.05, 4.69) is 9.49 Å². The van der Waals surface area contributed by atoms with Crippen molar-refractivity contribution in [2.45, 2.75) is 30.8 Å². The van der Waals surface area contributed by atoms with E-state index in [9.17, 15) is 34.9 Å². The molecule has 0 aliphatic rings. The Bertz CT molecular complexity index is 881. The summed E-state index contributed by atoms with van der Waals surface area (Å²) in [5.41, 5.74) is -1.74. The summed E-state index contributed by atoms with van der Waals surface area (Å²) in [6, 6.07) is 2.90. The third-order valence-electron chi connectivity index (χ3n) is 3.27. The van der Waals surface area contributed by atoms with Crippen LogP contribution in [-0.4, -0.2) is 24.4 Å².